The minimum Gasteiger partial charge on any atom is -0.353 e. The van der Waals surface area contributed by atoms with E-state index in [9.17, 15) is 14.4 Å². The van der Waals surface area contributed by atoms with Crippen molar-refractivity contribution in [2.24, 2.45) is 11.8 Å². The molecule has 2 saturated heterocycles. The Bertz CT molecular complexity index is 1180. The van der Waals surface area contributed by atoms with Gasteiger partial charge in [-0.15, -0.1) is 0 Å². The Morgan fingerprint density at radius 3 is 2.37 bits per heavy atom. The van der Waals surface area contributed by atoms with Crippen LogP contribution < -0.4 is 10.7 Å². The van der Waals surface area contributed by atoms with Crippen molar-refractivity contribution in [3.05, 3.63) is 71.3 Å². The van der Waals surface area contributed by atoms with Crippen LogP contribution in [-0.4, -0.2) is 51.0 Å². The first-order chi connectivity index (χ1) is 18.5. The molecule has 2 N–H and O–H groups in total. The van der Waals surface area contributed by atoms with Crippen molar-refractivity contribution in [1.82, 2.24) is 25.6 Å². The van der Waals surface area contributed by atoms with Gasteiger partial charge in [-0.2, -0.15) is 5.43 Å². The van der Waals surface area contributed by atoms with Gasteiger partial charge < -0.3 is 10.2 Å². The van der Waals surface area contributed by atoms with Gasteiger partial charge in [-0.3, -0.25) is 19.5 Å². The molecule has 6 rings (SSSR count). The second-order valence-electron chi connectivity index (χ2n) is 11.4. The van der Waals surface area contributed by atoms with E-state index in [4.69, 9.17) is 0 Å². The van der Waals surface area contributed by atoms with Gasteiger partial charge in [-0.1, -0.05) is 73.0 Å². The van der Waals surface area contributed by atoms with E-state index < -0.39 is 6.29 Å². The molecule has 2 saturated carbocycles. The lowest BCUT2D eigenvalue weighted by atomic mass is 9.75. The van der Waals surface area contributed by atoms with Gasteiger partial charge in [0.15, 0.2) is 6.29 Å². The number of amides is 4. The van der Waals surface area contributed by atoms with Crippen molar-refractivity contribution >= 4 is 17.8 Å². The highest BCUT2D eigenvalue weighted by atomic mass is 16.2. The minimum atomic E-state index is -0.571. The van der Waals surface area contributed by atoms with Crippen molar-refractivity contribution in [2.45, 2.75) is 83.3 Å². The van der Waals surface area contributed by atoms with Crippen LogP contribution in [0.25, 0.3) is 0 Å². The molecule has 2 aliphatic carbocycles. The van der Waals surface area contributed by atoms with Crippen molar-refractivity contribution < 1.29 is 14.4 Å². The summed E-state index contributed by atoms with van der Waals surface area (Å²) in [6.45, 7) is 2.87. The quantitative estimate of drug-likeness (QED) is 0.611. The van der Waals surface area contributed by atoms with Gasteiger partial charge >= 0.3 is 6.03 Å². The summed E-state index contributed by atoms with van der Waals surface area (Å²) in [4.78, 5) is 44.6. The predicted molar refractivity (Wildman–Crippen MR) is 143 cm³/mol. The van der Waals surface area contributed by atoms with E-state index in [1.165, 1.54) is 12.8 Å². The molecule has 2 heterocycles. The maximum absolute atomic E-state index is 13.9. The topological polar surface area (TPSA) is 85.0 Å². The van der Waals surface area contributed by atoms with Crippen LogP contribution in [0.15, 0.2) is 54.6 Å². The lowest BCUT2D eigenvalue weighted by Crippen LogP contribution is -2.66. The second kappa shape index (κ2) is 10.4. The Balaban J connectivity index is 1.26. The fraction of sp³-hybridized carbons (Fsp3) is 0.500. The Morgan fingerprint density at radius 1 is 0.921 bits per heavy atom. The lowest BCUT2D eigenvalue weighted by molar-refractivity contribution is -0.160. The third-order valence-corrected chi connectivity index (χ3v) is 8.79. The van der Waals surface area contributed by atoms with Crippen molar-refractivity contribution in [2.75, 3.05) is 0 Å². The molecule has 4 aliphatic rings. The highest BCUT2D eigenvalue weighted by molar-refractivity contribution is 5.87. The molecule has 2 aliphatic heterocycles. The number of carbonyl (C=O) groups excluding carboxylic acids is 3. The Labute approximate surface area is 224 Å². The molecule has 2 aromatic rings. The first-order valence-corrected chi connectivity index (χ1v) is 14.0. The molecular formula is C30H37N5O3. The molecule has 8 nitrogen and oxygen atoms in total. The lowest BCUT2D eigenvalue weighted by Gasteiger charge is -2.49. The predicted octanol–water partition coefficient (Wildman–Crippen LogP) is 3.91. The average Bonchev–Trinajstić information content (AvgIpc) is 3.56. The molecule has 200 valence electrons. The van der Waals surface area contributed by atoms with Crippen LogP contribution in [0.3, 0.4) is 0 Å². The molecule has 4 fully saturated rings. The normalized spacial score (nSPS) is 27.4. The molecule has 0 spiro atoms. The minimum absolute atomic E-state index is 0.0633. The molecule has 0 aromatic heterocycles. The summed E-state index contributed by atoms with van der Waals surface area (Å²) in [6.07, 6.45) is 5.67. The molecule has 8 heteroatoms. The second-order valence-corrected chi connectivity index (χ2v) is 11.4. The van der Waals surface area contributed by atoms with Gasteiger partial charge in [-0.05, 0) is 50.2 Å². The Morgan fingerprint density at radius 2 is 1.63 bits per heavy atom. The highest BCUT2D eigenvalue weighted by Gasteiger charge is 2.56. The van der Waals surface area contributed by atoms with Crippen molar-refractivity contribution in [1.29, 1.82) is 0 Å². The summed E-state index contributed by atoms with van der Waals surface area (Å²) in [7, 11) is 0. The van der Waals surface area contributed by atoms with E-state index >= 15 is 0 Å². The standard InChI is InChI=1S/C30H37N5O3/c1-20-11-13-22(14-12-20)18-33-28(37)25-16-15-23(27(36)31-24-9-5-6-10-24)17-26(25)35-29(33)32-34(30(35)38)19-21-7-3-2-4-8-21/h2-4,7-8,11-14,23-26,29,32H,5-6,9-10,15-19H2,1H3,(H,31,36). The molecule has 2 aromatic carbocycles. The zero-order valence-electron chi connectivity index (χ0n) is 22.0. The number of urea groups is 1. The maximum Gasteiger partial charge on any atom is 0.337 e. The Hall–Kier alpha value is -3.39. The summed E-state index contributed by atoms with van der Waals surface area (Å²) in [5.74, 6) is -0.324. The van der Waals surface area contributed by atoms with E-state index in [1.54, 1.807) is 5.01 Å². The van der Waals surface area contributed by atoms with Crippen LogP contribution in [0.2, 0.25) is 0 Å². The van der Waals surface area contributed by atoms with Gasteiger partial charge in [-0.25, -0.2) is 4.79 Å². The summed E-state index contributed by atoms with van der Waals surface area (Å²) >= 11 is 0. The third kappa shape index (κ3) is 4.77. The largest absolute Gasteiger partial charge is 0.353 e. The Kier molecular flexibility index (Phi) is 6.82. The zero-order chi connectivity index (χ0) is 26.2. The van der Waals surface area contributed by atoms with Gasteiger partial charge in [0.2, 0.25) is 11.8 Å². The van der Waals surface area contributed by atoms with Crippen LogP contribution in [0.5, 0.6) is 0 Å². The van der Waals surface area contributed by atoms with Gasteiger partial charge in [0.1, 0.15) is 0 Å². The number of nitrogens with one attached hydrogen (secondary N) is 2. The van der Waals surface area contributed by atoms with Crippen LogP contribution in [0, 0.1) is 18.8 Å². The number of carbonyl (C=O) groups is 3. The van der Waals surface area contributed by atoms with Crippen molar-refractivity contribution in [3.8, 4) is 0 Å². The molecule has 4 unspecified atom stereocenters. The fourth-order valence-electron chi connectivity index (χ4n) is 6.68. The summed E-state index contributed by atoms with van der Waals surface area (Å²) in [5, 5.41) is 4.87. The first-order valence-electron chi connectivity index (χ1n) is 14.0. The first kappa shape index (κ1) is 24.9. The van der Waals surface area contributed by atoms with Gasteiger partial charge in [0, 0.05) is 24.5 Å². The summed E-state index contributed by atoms with van der Waals surface area (Å²) < 4.78 is 0. The van der Waals surface area contributed by atoms with E-state index in [0.29, 0.717) is 32.4 Å². The maximum atomic E-state index is 13.9. The number of nitrogens with zero attached hydrogens (tertiary/aromatic N) is 3. The molecule has 0 bridgehead atoms. The number of rotatable bonds is 6. The SMILES string of the molecule is Cc1ccc(CN2C(=O)C3CCC(C(=O)NC4CCCC4)CC3N3C(=O)N(Cc4ccccc4)NC23)cc1. The number of hydrogen-bond acceptors (Lipinski definition) is 4. The summed E-state index contributed by atoms with van der Waals surface area (Å²) in [5.41, 5.74) is 6.56. The van der Waals surface area contributed by atoms with Gasteiger partial charge in [0.05, 0.1) is 12.5 Å². The van der Waals surface area contributed by atoms with Gasteiger partial charge in [0.25, 0.3) is 0 Å². The smallest absolute Gasteiger partial charge is 0.337 e. The molecule has 38 heavy (non-hydrogen) atoms. The van der Waals surface area contributed by atoms with Crippen LogP contribution in [0.1, 0.15) is 61.6 Å². The van der Waals surface area contributed by atoms with Crippen LogP contribution in [-0.2, 0) is 22.7 Å². The number of benzene rings is 2. The zero-order valence-corrected chi connectivity index (χ0v) is 22.0. The molecule has 0 radical (unpaired) electrons. The number of hydrogen-bond donors (Lipinski definition) is 2. The number of hydrazine groups is 1. The van der Waals surface area contributed by atoms with E-state index in [0.717, 1.165) is 29.5 Å². The third-order valence-electron chi connectivity index (χ3n) is 8.79. The van der Waals surface area contributed by atoms with Crippen LogP contribution >= 0.6 is 0 Å². The number of aryl methyl sites for hydroxylation is 1. The van der Waals surface area contributed by atoms with E-state index in [1.807, 2.05) is 71.3 Å². The fourth-order valence-corrected chi connectivity index (χ4v) is 6.68. The summed E-state index contributed by atoms with van der Waals surface area (Å²) in [6, 6.07) is 17.9. The monoisotopic (exact) mass is 515 g/mol. The average molecular weight is 516 g/mol. The van der Waals surface area contributed by atoms with Crippen LogP contribution in [0.4, 0.5) is 4.79 Å². The molecule has 4 atom stereocenters. The van der Waals surface area contributed by atoms with E-state index in [2.05, 4.69) is 10.7 Å². The highest BCUT2D eigenvalue weighted by Crippen LogP contribution is 2.41. The number of fused-ring (bicyclic) bond motifs is 3. The molecular weight excluding hydrogens is 478 g/mol. The molecule has 4 amide bonds. The van der Waals surface area contributed by atoms with E-state index in [-0.39, 0.29) is 41.8 Å². The van der Waals surface area contributed by atoms with Crippen molar-refractivity contribution in [3.63, 3.8) is 0 Å².